The normalized spacial score (nSPS) is 10.4. The third-order valence-electron chi connectivity index (χ3n) is 1.87. The predicted molar refractivity (Wildman–Crippen MR) is 58.2 cm³/mol. The number of rotatable bonds is 3. The Morgan fingerprint density at radius 2 is 2.31 bits per heavy atom. The van der Waals surface area contributed by atoms with Crippen LogP contribution in [0.25, 0.3) is 0 Å². The standard InChI is InChI=1S/C9H10ClN5O/c1-15-5-13-9(14-15)16-8-7(10)2-6(3-11)4-12-8/h2,4-5H,3,11H2,1H3. The summed E-state index contributed by atoms with van der Waals surface area (Å²) in [6.45, 7) is 0.384. The average molecular weight is 240 g/mol. The molecule has 6 nitrogen and oxygen atoms in total. The van der Waals surface area contributed by atoms with Crippen LogP contribution < -0.4 is 10.5 Å². The van der Waals surface area contributed by atoms with E-state index in [0.717, 1.165) is 5.56 Å². The molecule has 0 aromatic carbocycles. The Kier molecular flexibility index (Phi) is 3.02. The highest BCUT2D eigenvalue weighted by molar-refractivity contribution is 6.31. The molecule has 0 atom stereocenters. The fourth-order valence-corrected chi connectivity index (χ4v) is 1.33. The number of nitrogens with zero attached hydrogens (tertiary/aromatic N) is 4. The van der Waals surface area contributed by atoms with Crippen molar-refractivity contribution < 1.29 is 4.74 Å². The molecule has 2 aromatic rings. The van der Waals surface area contributed by atoms with Gasteiger partial charge < -0.3 is 10.5 Å². The van der Waals surface area contributed by atoms with Crippen molar-refractivity contribution in [3.8, 4) is 11.9 Å². The van der Waals surface area contributed by atoms with Crippen molar-refractivity contribution in [1.82, 2.24) is 19.7 Å². The van der Waals surface area contributed by atoms with Gasteiger partial charge in [0.2, 0.25) is 5.88 Å². The Morgan fingerprint density at radius 1 is 1.50 bits per heavy atom. The van der Waals surface area contributed by atoms with Crippen molar-refractivity contribution in [2.75, 3.05) is 0 Å². The molecule has 0 fully saturated rings. The van der Waals surface area contributed by atoms with Crippen LogP contribution in [0.1, 0.15) is 5.56 Å². The van der Waals surface area contributed by atoms with E-state index in [1.165, 1.54) is 11.0 Å². The SMILES string of the molecule is Cn1cnc(Oc2ncc(CN)cc2Cl)n1. The minimum absolute atomic E-state index is 0.206. The Morgan fingerprint density at radius 3 is 2.88 bits per heavy atom. The lowest BCUT2D eigenvalue weighted by Crippen LogP contribution is -1.98. The third kappa shape index (κ3) is 2.29. The first kappa shape index (κ1) is 10.8. The van der Waals surface area contributed by atoms with Crippen molar-refractivity contribution in [1.29, 1.82) is 0 Å². The lowest BCUT2D eigenvalue weighted by atomic mass is 10.3. The molecule has 2 rings (SSSR count). The van der Waals surface area contributed by atoms with Gasteiger partial charge in [0.1, 0.15) is 11.3 Å². The largest absolute Gasteiger partial charge is 0.403 e. The highest BCUT2D eigenvalue weighted by Crippen LogP contribution is 2.25. The summed E-state index contributed by atoms with van der Waals surface area (Å²) in [5, 5.41) is 4.33. The second kappa shape index (κ2) is 4.46. The molecule has 84 valence electrons. The highest BCUT2D eigenvalue weighted by atomic mass is 35.5. The second-order valence-corrected chi connectivity index (χ2v) is 3.54. The lowest BCUT2D eigenvalue weighted by Gasteiger charge is -2.03. The van der Waals surface area contributed by atoms with Crippen LogP contribution in [-0.4, -0.2) is 19.7 Å². The minimum atomic E-state index is 0.206. The molecule has 0 amide bonds. The molecule has 2 aromatic heterocycles. The van der Waals surface area contributed by atoms with E-state index in [2.05, 4.69) is 15.1 Å². The fraction of sp³-hybridized carbons (Fsp3) is 0.222. The van der Waals surface area contributed by atoms with Gasteiger partial charge in [-0.05, 0) is 11.6 Å². The molecule has 0 unspecified atom stereocenters. The molecule has 7 heteroatoms. The van der Waals surface area contributed by atoms with Crippen molar-refractivity contribution in [3.05, 3.63) is 29.2 Å². The molecule has 2 heterocycles. The second-order valence-electron chi connectivity index (χ2n) is 3.14. The van der Waals surface area contributed by atoms with Crippen LogP contribution in [0, 0.1) is 0 Å². The number of nitrogens with two attached hydrogens (primary N) is 1. The third-order valence-corrected chi connectivity index (χ3v) is 2.14. The van der Waals surface area contributed by atoms with E-state index in [-0.39, 0.29) is 11.9 Å². The van der Waals surface area contributed by atoms with Gasteiger partial charge in [0, 0.05) is 19.8 Å². The molecular formula is C9H10ClN5O. The molecule has 0 spiro atoms. The van der Waals surface area contributed by atoms with Crippen LogP contribution >= 0.6 is 11.6 Å². The van der Waals surface area contributed by atoms with Crippen molar-refractivity contribution in [2.24, 2.45) is 12.8 Å². The number of ether oxygens (including phenoxy) is 1. The molecule has 0 aliphatic rings. The first-order chi connectivity index (χ1) is 7.69. The zero-order valence-electron chi connectivity index (χ0n) is 8.59. The molecule has 0 aliphatic heterocycles. The zero-order chi connectivity index (χ0) is 11.5. The van der Waals surface area contributed by atoms with Gasteiger partial charge in [0.25, 0.3) is 0 Å². The van der Waals surface area contributed by atoms with E-state index in [4.69, 9.17) is 22.1 Å². The smallest absolute Gasteiger partial charge is 0.342 e. The molecule has 0 aliphatic carbocycles. The van der Waals surface area contributed by atoms with Gasteiger partial charge in [0.15, 0.2) is 0 Å². The molecule has 0 radical (unpaired) electrons. The van der Waals surface area contributed by atoms with Gasteiger partial charge in [0.05, 0.1) is 0 Å². The first-order valence-corrected chi connectivity index (χ1v) is 4.95. The first-order valence-electron chi connectivity index (χ1n) is 4.57. The lowest BCUT2D eigenvalue weighted by molar-refractivity contribution is 0.422. The van der Waals surface area contributed by atoms with E-state index in [9.17, 15) is 0 Å². The Bertz CT molecular complexity index is 498. The summed E-state index contributed by atoms with van der Waals surface area (Å²) in [6, 6.07) is 1.91. The maximum Gasteiger partial charge on any atom is 0.342 e. The van der Waals surface area contributed by atoms with Gasteiger partial charge >= 0.3 is 6.01 Å². The van der Waals surface area contributed by atoms with E-state index in [0.29, 0.717) is 11.6 Å². The Balaban J connectivity index is 2.21. The minimum Gasteiger partial charge on any atom is -0.403 e. The number of hydrogen-bond donors (Lipinski definition) is 1. The summed E-state index contributed by atoms with van der Waals surface area (Å²) in [7, 11) is 1.74. The van der Waals surface area contributed by atoms with Crippen LogP contribution in [0.2, 0.25) is 5.02 Å². The fourth-order valence-electron chi connectivity index (χ4n) is 1.10. The summed E-state index contributed by atoms with van der Waals surface area (Å²) in [6.07, 6.45) is 3.13. The molecule has 2 N–H and O–H groups in total. The van der Waals surface area contributed by atoms with E-state index in [1.807, 2.05) is 0 Å². The van der Waals surface area contributed by atoms with E-state index >= 15 is 0 Å². The molecule has 0 saturated heterocycles. The van der Waals surface area contributed by atoms with Gasteiger partial charge in [-0.1, -0.05) is 11.6 Å². The maximum atomic E-state index is 5.96. The van der Waals surface area contributed by atoms with E-state index in [1.54, 1.807) is 19.3 Å². The summed E-state index contributed by atoms with van der Waals surface area (Å²) in [5.41, 5.74) is 6.30. The summed E-state index contributed by atoms with van der Waals surface area (Å²) in [4.78, 5) is 7.93. The number of aryl methyl sites for hydroxylation is 1. The molecule has 16 heavy (non-hydrogen) atoms. The number of hydrogen-bond acceptors (Lipinski definition) is 5. The molecule has 0 saturated carbocycles. The number of pyridine rings is 1. The zero-order valence-corrected chi connectivity index (χ0v) is 9.35. The summed E-state index contributed by atoms with van der Waals surface area (Å²) in [5.74, 6) is 0.269. The Labute approximate surface area is 97.0 Å². The Hall–Kier alpha value is -1.66. The number of aromatic nitrogens is 4. The topological polar surface area (TPSA) is 78.8 Å². The van der Waals surface area contributed by atoms with Crippen LogP contribution in [-0.2, 0) is 13.6 Å². The van der Waals surface area contributed by atoms with Gasteiger partial charge in [-0.15, -0.1) is 5.10 Å². The quantitative estimate of drug-likeness (QED) is 0.868. The molecule has 0 bridgehead atoms. The van der Waals surface area contributed by atoms with Crippen LogP contribution in [0.4, 0.5) is 0 Å². The maximum absolute atomic E-state index is 5.96. The van der Waals surface area contributed by atoms with Crippen molar-refractivity contribution in [2.45, 2.75) is 6.54 Å². The summed E-state index contributed by atoms with van der Waals surface area (Å²) < 4.78 is 6.83. The van der Waals surface area contributed by atoms with Gasteiger partial charge in [-0.2, -0.15) is 4.98 Å². The monoisotopic (exact) mass is 239 g/mol. The molecular weight excluding hydrogens is 230 g/mol. The van der Waals surface area contributed by atoms with E-state index < -0.39 is 0 Å². The van der Waals surface area contributed by atoms with Crippen LogP contribution in [0.3, 0.4) is 0 Å². The van der Waals surface area contributed by atoms with Crippen LogP contribution in [0.5, 0.6) is 11.9 Å². The van der Waals surface area contributed by atoms with Crippen molar-refractivity contribution >= 4 is 11.6 Å². The van der Waals surface area contributed by atoms with Crippen LogP contribution in [0.15, 0.2) is 18.6 Å². The van der Waals surface area contributed by atoms with Crippen molar-refractivity contribution in [3.63, 3.8) is 0 Å². The highest BCUT2D eigenvalue weighted by Gasteiger charge is 2.08. The average Bonchev–Trinajstić information content (AvgIpc) is 2.67. The predicted octanol–water partition coefficient (Wildman–Crippen LogP) is 1.11. The van der Waals surface area contributed by atoms with Gasteiger partial charge in [-0.3, -0.25) is 4.68 Å². The van der Waals surface area contributed by atoms with Gasteiger partial charge in [-0.25, -0.2) is 4.98 Å². The summed E-state index contributed by atoms with van der Waals surface area (Å²) >= 11 is 5.96. The number of halogens is 1.